The van der Waals surface area contributed by atoms with Gasteiger partial charge in [0.1, 0.15) is 61.8 Å². The second-order valence-corrected chi connectivity index (χ2v) is 11.7. The third-order valence-corrected chi connectivity index (χ3v) is 7.77. The van der Waals surface area contributed by atoms with Gasteiger partial charge in [0, 0.05) is 30.0 Å². The van der Waals surface area contributed by atoms with Crippen LogP contribution in [0.25, 0.3) is 0 Å². The maximum absolute atomic E-state index is 10.7. The van der Waals surface area contributed by atoms with Crippen molar-refractivity contribution in [1.82, 2.24) is 13.7 Å². The van der Waals surface area contributed by atoms with Crippen molar-refractivity contribution in [3.05, 3.63) is 139 Å². The molecule has 10 heteroatoms. The highest BCUT2D eigenvalue weighted by Crippen LogP contribution is 2.31. The summed E-state index contributed by atoms with van der Waals surface area (Å²) in [6.07, 6.45) is 22.3. The lowest BCUT2D eigenvalue weighted by Crippen LogP contribution is -2.23. The number of imidazole rings is 3. The Hall–Kier alpha value is -5.77. The van der Waals surface area contributed by atoms with E-state index >= 15 is 0 Å². The number of phenolic OH excluding ortho intramolecular Hbond substituents is 2. The zero-order valence-electron chi connectivity index (χ0n) is 26.3. The average molecular weight is 616 g/mol. The number of phenols is 2. The molecule has 6 aromatic rings. The molecule has 0 atom stereocenters. The number of hydrogen-bond acceptors (Lipinski definition) is 4. The van der Waals surface area contributed by atoms with Gasteiger partial charge in [-0.25, -0.2) is 27.4 Å². The van der Waals surface area contributed by atoms with Crippen LogP contribution in [0, 0.1) is 0 Å². The van der Waals surface area contributed by atoms with Crippen molar-refractivity contribution in [2.45, 2.75) is 26.1 Å². The first-order valence-electron chi connectivity index (χ1n) is 15.2. The number of hydrogen-bond donors (Lipinski definition) is 2. The van der Waals surface area contributed by atoms with Crippen molar-refractivity contribution < 1.29 is 23.9 Å². The first kappa shape index (κ1) is 30.3. The molecule has 0 fully saturated rings. The van der Waals surface area contributed by atoms with E-state index in [4.69, 9.17) is 9.98 Å². The number of aromatic nitrogens is 6. The Morgan fingerprint density at radius 1 is 0.587 bits per heavy atom. The molecular weight excluding hydrogens is 576 g/mol. The molecule has 232 valence electrons. The zero-order chi connectivity index (χ0) is 32.0. The fourth-order valence-electron chi connectivity index (χ4n) is 5.33. The van der Waals surface area contributed by atoms with E-state index in [0.29, 0.717) is 35.6 Å². The van der Waals surface area contributed by atoms with E-state index in [2.05, 4.69) is 32.3 Å². The molecule has 3 heterocycles. The summed E-state index contributed by atoms with van der Waals surface area (Å²) in [4.78, 5) is 9.61. The summed E-state index contributed by atoms with van der Waals surface area (Å²) in [5.74, 6) is 0.315. The molecule has 0 aliphatic rings. The SMILES string of the molecule is C[n+]1ccn(CCc2ccc(N=Cc3cc(Cn4cc[n+](C)c4)ccc3O)c(N=Cc3cc(Cn4cc[n+](C)c4)ccc3O)c2)c1. The summed E-state index contributed by atoms with van der Waals surface area (Å²) in [6, 6.07) is 17.2. The van der Waals surface area contributed by atoms with Crippen LogP contribution in [-0.2, 0) is 47.2 Å². The van der Waals surface area contributed by atoms with Crippen molar-refractivity contribution in [3.63, 3.8) is 0 Å². The number of nitrogens with zero attached hydrogens (tertiary/aromatic N) is 8. The van der Waals surface area contributed by atoms with Crippen LogP contribution in [-0.4, -0.2) is 36.3 Å². The van der Waals surface area contributed by atoms with Crippen LogP contribution >= 0.6 is 0 Å². The smallest absolute Gasteiger partial charge is 0.243 e. The lowest BCUT2D eigenvalue weighted by molar-refractivity contribution is -0.671. The highest BCUT2D eigenvalue weighted by molar-refractivity contribution is 5.89. The van der Waals surface area contributed by atoms with Crippen molar-refractivity contribution in [1.29, 1.82) is 0 Å². The molecule has 0 spiro atoms. The molecule has 0 aliphatic heterocycles. The molecular formula is C36H39N8O2+3. The van der Waals surface area contributed by atoms with Crippen LogP contribution in [0.1, 0.15) is 27.8 Å². The van der Waals surface area contributed by atoms with Gasteiger partial charge in [-0.2, -0.15) is 0 Å². The largest absolute Gasteiger partial charge is 0.507 e. The Bertz CT molecular complexity index is 2030. The van der Waals surface area contributed by atoms with Crippen molar-refractivity contribution in [2.24, 2.45) is 31.1 Å². The molecule has 2 N–H and O–H groups in total. The highest BCUT2D eigenvalue weighted by Gasteiger charge is 2.10. The van der Waals surface area contributed by atoms with Gasteiger partial charge in [-0.15, -0.1) is 0 Å². The Morgan fingerprint density at radius 3 is 1.57 bits per heavy atom. The number of rotatable bonds is 11. The summed E-state index contributed by atoms with van der Waals surface area (Å²) in [5.41, 5.74) is 5.79. The quantitative estimate of drug-likeness (QED) is 0.171. The lowest BCUT2D eigenvalue weighted by Gasteiger charge is -2.07. The standard InChI is InChI=1S/C36H37N8O2/c1-39-12-15-42(25-39)11-10-28-4-7-33(37-21-31-18-29(5-8-35(31)45)23-43-16-13-40(2)26-43)34(20-28)38-22-32-19-30(6-9-36(32)46)24-44-17-14-41(3)27-44/h4-9,12-22,25-27H,10-11,23-24H2,1-3H3/q+1/p+2. The van der Waals surface area contributed by atoms with Gasteiger partial charge in [-0.3, -0.25) is 9.98 Å². The molecule has 0 radical (unpaired) electrons. The highest BCUT2D eigenvalue weighted by atomic mass is 16.3. The Kier molecular flexibility index (Phi) is 8.87. The van der Waals surface area contributed by atoms with Crippen LogP contribution in [0.5, 0.6) is 11.5 Å². The summed E-state index contributed by atoms with van der Waals surface area (Å²) in [7, 11) is 5.98. The minimum absolute atomic E-state index is 0.158. The molecule has 6 rings (SSSR count). The van der Waals surface area contributed by atoms with Crippen LogP contribution in [0.15, 0.2) is 121 Å². The predicted octanol–water partition coefficient (Wildman–Crippen LogP) is 3.82. The molecule has 0 aliphatic carbocycles. The first-order chi connectivity index (χ1) is 22.3. The van der Waals surface area contributed by atoms with Crippen molar-refractivity contribution in [3.8, 4) is 11.5 Å². The molecule has 0 bridgehead atoms. The molecule has 3 aromatic heterocycles. The van der Waals surface area contributed by atoms with Gasteiger partial charge >= 0.3 is 0 Å². The average Bonchev–Trinajstić information content (AvgIpc) is 3.77. The lowest BCUT2D eigenvalue weighted by atomic mass is 10.1. The fourth-order valence-corrected chi connectivity index (χ4v) is 5.33. The molecule has 0 saturated heterocycles. The molecule has 0 amide bonds. The Labute approximate surface area is 268 Å². The van der Waals surface area contributed by atoms with E-state index in [1.54, 1.807) is 24.6 Å². The van der Waals surface area contributed by atoms with E-state index in [1.165, 1.54) is 0 Å². The normalized spacial score (nSPS) is 11.7. The molecule has 0 saturated carbocycles. The summed E-state index contributed by atoms with van der Waals surface area (Å²) in [5, 5.41) is 21.3. The van der Waals surface area contributed by atoms with Gasteiger partial charge in [0.15, 0.2) is 0 Å². The number of aliphatic imine (C=N–C) groups is 2. The van der Waals surface area contributed by atoms with Crippen LogP contribution in [0.3, 0.4) is 0 Å². The second kappa shape index (κ2) is 13.5. The first-order valence-corrected chi connectivity index (χ1v) is 15.2. The van der Waals surface area contributed by atoms with Gasteiger partial charge in [-0.1, -0.05) is 18.2 Å². The van der Waals surface area contributed by atoms with Crippen LogP contribution < -0.4 is 13.7 Å². The van der Waals surface area contributed by atoms with Gasteiger partial charge < -0.3 is 10.2 Å². The number of aromatic hydroxyl groups is 2. The summed E-state index contributed by atoms with van der Waals surface area (Å²) < 4.78 is 12.3. The van der Waals surface area contributed by atoms with E-state index in [1.807, 2.05) is 115 Å². The van der Waals surface area contributed by atoms with Gasteiger partial charge in [0.05, 0.1) is 39.1 Å². The predicted molar refractivity (Wildman–Crippen MR) is 176 cm³/mol. The van der Waals surface area contributed by atoms with Crippen LogP contribution in [0.4, 0.5) is 11.4 Å². The number of aryl methyl sites for hydroxylation is 5. The molecule has 3 aromatic carbocycles. The minimum atomic E-state index is 0.158. The summed E-state index contributed by atoms with van der Waals surface area (Å²) in [6.45, 7) is 2.18. The molecule has 46 heavy (non-hydrogen) atoms. The maximum atomic E-state index is 10.7. The monoisotopic (exact) mass is 615 g/mol. The van der Waals surface area contributed by atoms with E-state index in [-0.39, 0.29) is 11.5 Å². The van der Waals surface area contributed by atoms with Crippen LogP contribution in [0.2, 0.25) is 0 Å². The zero-order valence-corrected chi connectivity index (χ0v) is 26.3. The Balaban J connectivity index is 1.28. The van der Waals surface area contributed by atoms with Gasteiger partial charge in [0.2, 0.25) is 19.0 Å². The third kappa shape index (κ3) is 7.65. The van der Waals surface area contributed by atoms with Gasteiger partial charge in [-0.05, 0) is 53.1 Å². The van der Waals surface area contributed by atoms with E-state index in [9.17, 15) is 10.2 Å². The molecule has 0 unspecified atom stereocenters. The second-order valence-electron chi connectivity index (χ2n) is 11.7. The topological polar surface area (TPSA) is 91.6 Å². The van der Waals surface area contributed by atoms with E-state index < -0.39 is 0 Å². The van der Waals surface area contributed by atoms with Crippen molar-refractivity contribution in [2.75, 3.05) is 0 Å². The maximum Gasteiger partial charge on any atom is 0.243 e. The third-order valence-electron chi connectivity index (χ3n) is 7.77. The van der Waals surface area contributed by atoms with Crippen molar-refractivity contribution >= 4 is 23.8 Å². The van der Waals surface area contributed by atoms with E-state index in [0.717, 1.165) is 29.7 Å². The minimum Gasteiger partial charge on any atom is -0.507 e. The number of benzene rings is 3. The molecule has 10 nitrogen and oxygen atoms in total. The fraction of sp³-hybridized carbons (Fsp3) is 0.194. The summed E-state index contributed by atoms with van der Waals surface area (Å²) >= 11 is 0. The van der Waals surface area contributed by atoms with Gasteiger partial charge in [0.25, 0.3) is 0 Å². The Morgan fingerprint density at radius 2 is 1.07 bits per heavy atom.